The van der Waals surface area contributed by atoms with E-state index in [9.17, 15) is 5.11 Å². The first kappa shape index (κ1) is 10.1. The van der Waals surface area contributed by atoms with E-state index in [0.717, 1.165) is 5.56 Å². The third kappa shape index (κ3) is 2.00. The molecule has 1 N–H and O–H groups in total. The standard InChI is InChI=1S/C10H10ClN3O/c1-7(15)9-3-2-4-12-10(9)14-6-8(11)5-13-14/h2-7,15H,1H3. The van der Waals surface area contributed by atoms with Crippen molar-refractivity contribution in [3.05, 3.63) is 41.3 Å². The minimum absolute atomic E-state index is 0.539. The largest absolute Gasteiger partial charge is 0.389 e. The number of halogens is 1. The van der Waals surface area contributed by atoms with Crippen LogP contribution in [0.3, 0.4) is 0 Å². The van der Waals surface area contributed by atoms with E-state index >= 15 is 0 Å². The van der Waals surface area contributed by atoms with E-state index in [2.05, 4.69) is 10.1 Å². The van der Waals surface area contributed by atoms with Gasteiger partial charge >= 0.3 is 0 Å². The molecule has 2 aromatic rings. The molecule has 0 amide bonds. The molecule has 0 aliphatic carbocycles. The summed E-state index contributed by atoms with van der Waals surface area (Å²) in [6, 6.07) is 3.58. The van der Waals surface area contributed by atoms with Crippen LogP contribution < -0.4 is 0 Å². The molecule has 1 atom stereocenters. The zero-order valence-corrected chi connectivity index (χ0v) is 8.89. The summed E-state index contributed by atoms with van der Waals surface area (Å²) in [4.78, 5) is 4.17. The molecule has 4 nitrogen and oxygen atoms in total. The number of aromatic nitrogens is 3. The third-order valence-corrected chi connectivity index (χ3v) is 2.23. The molecular weight excluding hydrogens is 214 g/mol. The quantitative estimate of drug-likeness (QED) is 0.847. The van der Waals surface area contributed by atoms with Crippen LogP contribution in [0.25, 0.3) is 5.82 Å². The van der Waals surface area contributed by atoms with Gasteiger partial charge in [-0.15, -0.1) is 0 Å². The zero-order chi connectivity index (χ0) is 10.8. The zero-order valence-electron chi connectivity index (χ0n) is 8.13. The van der Waals surface area contributed by atoms with E-state index in [-0.39, 0.29) is 0 Å². The Morgan fingerprint density at radius 3 is 2.93 bits per heavy atom. The molecule has 2 aromatic heterocycles. The van der Waals surface area contributed by atoms with E-state index in [4.69, 9.17) is 11.6 Å². The van der Waals surface area contributed by atoms with E-state index in [1.807, 2.05) is 6.07 Å². The summed E-state index contributed by atoms with van der Waals surface area (Å²) in [6.45, 7) is 1.69. The van der Waals surface area contributed by atoms with Crippen molar-refractivity contribution in [3.63, 3.8) is 0 Å². The summed E-state index contributed by atoms with van der Waals surface area (Å²) in [7, 11) is 0. The first-order valence-corrected chi connectivity index (χ1v) is 4.90. The Morgan fingerprint density at radius 1 is 1.53 bits per heavy atom. The van der Waals surface area contributed by atoms with Crippen LogP contribution in [0.2, 0.25) is 5.02 Å². The maximum atomic E-state index is 9.56. The monoisotopic (exact) mass is 223 g/mol. The van der Waals surface area contributed by atoms with Crippen LogP contribution >= 0.6 is 11.6 Å². The summed E-state index contributed by atoms with van der Waals surface area (Å²) in [6.07, 6.45) is 4.24. The first-order valence-electron chi connectivity index (χ1n) is 4.52. The van der Waals surface area contributed by atoms with Gasteiger partial charge in [0.05, 0.1) is 23.5 Å². The molecule has 0 aromatic carbocycles. The molecule has 0 spiro atoms. The van der Waals surface area contributed by atoms with E-state index in [1.54, 1.807) is 30.1 Å². The smallest absolute Gasteiger partial charge is 0.159 e. The van der Waals surface area contributed by atoms with Gasteiger partial charge in [-0.2, -0.15) is 5.10 Å². The van der Waals surface area contributed by atoms with Crippen molar-refractivity contribution in [3.8, 4) is 5.82 Å². The Hall–Kier alpha value is -1.39. The fourth-order valence-corrected chi connectivity index (χ4v) is 1.48. The first-order chi connectivity index (χ1) is 7.18. The second-order valence-corrected chi connectivity index (χ2v) is 3.63. The SMILES string of the molecule is CC(O)c1cccnc1-n1cc(Cl)cn1. The van der Waals surface area contributed by atoms with Crippen LogP contribution in [0.4, 0.5) is 0 Å². The molecule has 1 unspecified atom stereocenters. The van der Waals surface area contributed by atoms with Gasteiger partial charge in [-0.3, -0.25) is 0 Å². The van der Waals surface area contributed by atoms with Crippen molar-refractivity contribution in [1.29, 1.82) is 0 Å². The van der Waals surface area contributed by atoms with Crippen molar-refractivity contribution >= 4 is 11.6 Å². The molecule has 0 radical (unpaired) electrons. The van der Waals surface area contributed by atoms with Gasteiger partial charge in [0.15, 0.2) is 5.82 Å². The predicted molar refractivity (Wildman–Crippen MR) is 57.0 cm³/mol. The maximum absolute atomic E-state index is 9.56. The minimum Gasteiger partial charge on any atom is -0.389 e. The second kappa shape index (κ2) is 4.00. The lowest BCUT2D eigenvalue weighted by molar-refractivity contribution is 0.198. The summed E-state index contributed by atoms with van der Waals surface area (Å²) in [5, 5.41) is 14.1. The van der Waals surface area contributed by atoms with Gasteiger partial charge in [0.1, 0.15) is 0 Å². The van der Waals surface area contributed by atoms with Crippen LogP contribution in [-0.4, -0.2) is 19.9 Å². The van der Waals surface area contributed by atoms with Crippen LogP contribution in [0.5, 0.6) is 0 Å². The number of nitrogens with zero attached hydrogens (tertiary/aromatic N) is 3. The van der Waals surface area contributed by atoms with Crippen LogP contribution in [0.1, 0.15) is 18.6 Å². The fraction of sp³-hybridized carbons (Fsp3) is 0.200. The van der Waals surface area contributed by atoms with Crippen molar-refractivity contribution in [2.24, 2.45) is 0 Å². The van der Waals surface area contributed by atoms with Crippen molar-refractivity contribution in [2.75, 3.05) is 0 Å². The molecule has 15 heavy (non-hydrogen) atoms. The van der Waals surface area contributed by atoms with Crippen LogP contribution in [0, 0.1) is 0 Å². The molecule has 5 heteroatoms. The summed E-state index contributed by atoms with van der Waals surface area (Å²) < 4.78 is 1.55. The van der Waals surface area contributed by atoms with Crippen molar-refractivity contribution in [1.82, 2.24) is 14.8 Å². The lowest BCUT2D eigenvalue weighted by atomic mass is 10.1. The number of rotatable bonds is 2. The highest BCUT2D eigenvalue weighted by molar-refractivity contribution is 6.30. The Balaban J connectivity index is 2.52. The van der Waals surface area contributed by atoms with E-state index in [0.29, 0.717) is 10.8 Å². The van der Waals surface area contributed by atoms with Gasteiger partial charge in [0.2, 0.25) is 0 Å². The summed E-state index contributed by atoms with van der Waals surface area (Å²) in [5.74, 6) is 0.597. The number of pyridine rings is 1. The fourth-order valence-electron chi connectivity index (χ4n) is 1.34. The van der Waals surface area contributed by atoms with Gasteiger partial charge in [-0.05, 0) is 13.0 Å². The molecule has 2 rings (SSSR count). The average molecular weight is 224 g/mol. The molecule has 0 fully saturated rings. The Kier molecular flexibility index (Phi) is 2.70. The van der Waals surface area contributed by atoms with Crippen molar-refractivity contribution < 1.29 is 5.11 Å². The van der Waals surface area contributed by atoms with Gasteiger partial charge in [-0.1, -0.05) is 17.7 Å². The molecule has 78 valence electrons. The highest BCUT2D eigenvalue weighted by atomic mass is 35.5. The number of hydrogen-bond acceptors (Lipinski definition) is 3. The average Bonchev–Trinajstić information content (AvgIpc) is 2.65. The molecule has 0 aliphatic rings. The Bertz CT molecular complexity index is 467. The van der Waals surface area contributed by atoms with Crippen molar-refractivity contribution in [2.45, 2.75) is 13.0 Å². The van der Waals surface area contributed by atoms with Gasteiger partial charge < -0.3 is 5.11 Å². The third-order valence-electron chi connectivity index (χ3n) is 2.04. The summed E-state index contributed by atoms with van der Waals surface area (Å²) >= 11 is 5.77. The van der Waals surface area contributed by atoms with Crippen LogP contribution in [-0.2, 0) is 0 Å². The molecule has 2 heterocycles. The molecule has 0 bridgehead atoms. The molecule has 0 saturated carbocycles. The highest BCUT2D eigenvalue weighted by Gasteiger charge is 2.10. The normalized spacial score (nSPS) is 12.7. The van der Waals surface area contributed by atoms with E-state index in [1.165, 1.54) is 6.20 Å². The van der Waals surface area contributed by atoms with Crippen LogP contribution in [0.15, 0.2) is 30.7 Å². The van der Waals surface area contributed by atoms with E-state index < -0.39 is 6.10 Å². The molecular formula is C10H10ClN3O. The second-order valence-electron chi connectivity index (χ2n) is 3.20. The minimum atomic E-state index is -0.586. The maximum Gasteiger partial charge on any atom is 0.159 e. The number of aliphatic hydroxyl groups excluding tert-OH is 1. The Labute approximate surface area is 92.1 Å². The lowest BCUT2D eigenvalue weighted by Gasteiger charge is -2.09. The van der Waals surface area contributed by atoms with Gasteiger partial charge in [-0.25, -0.2) is 9.67 Å². The number of hydrogen-bond donors (Lipinski definition) is 1. The number of aliphatic hydroxyl groups is 1. The lowest BCUT2D eigenvalue weighted by Crippen LogP contribution is -2.05. The predicted octanol–water partition coefficient (Wildman–Crippen LogP) is 1.97. The highest BCUT2D eigenvalue weighted by Crippen LogP contribution is 2.19. The van der Waals surface area contributed by atoms with Gasteiger partial charge in [0.25, 0.3) is 0 Å². The topological polar surface area (TPSA) is 50.9 Å². The molecule has 0 aliphatic heterocycles. The van der Waals surface area contributed by atoms with Gasteiger partial charge in [0, 0.05) is 11.8 Å². The summed E-state index contributed by atoms with van der Waals surface area (Å²) in [5.41, 5.74) is 0.720. The Morgan fingerprint density at radius 2 is 2.33 bits per heavy atom. The molecule has 0 saturated heterocycles.